The monoisotopic (exact) mass is 364 g/mol. The zero-order chi connectivity index (χ0) is 15.6. The Balaban J connectivity index is 2.11. The Morgan fingerprint density at radius 1 is 1.38 bits per heavy atom. The number of alkyl halides is 3. The summed E-state index contributed by atoms with van der Waals surface area (Å²) in [5.41, 5.74) is -0.773. The zero-order valence-electron chi connectivity index (χ0n) is 10.8. The first-order valence-electron chi connectivity index (χ1n) is 6.21. The number of benzene rings is 1. The minimum Gasteiger partial charge on any atom is -0.355 e. The molecule has 1 atom stereocenters. The van der Waals surface area contributed by atoms with E-state index < -0.39 is 23.6 Å². The Morgan fingerprint density at radius 3 is 2.67 bits per heavy atom. The Morgan fingerprint density at radius 2 is 2.10 bits per heavy atom. The van der Waals surface area contributed by atoms with Gasteiger partial charge in [0, 0.05) is 17.4 Å². The summed E-state index contributed by atoms with van der Waals surface area (Å²) in [5.74, 6) is -0.974. The van der Waals surface area contributed by atoms with Crippen LogP contribution < -0.4 is 10.6 Å². The molecule has 0 bridgehead atoms. The van der Waals surface area contributed by atoms with E-state index >= 15 is 0 Å². The lowest BCUT2D eigenvalue weighted by Gasteiger charge is -2.22. The van der Waals surface area contributed by atoms with Gasteiger partial charge in [-0.15, -0.1) is 0 Å². The van der Waals surface area contributed by atoms with Gasteiger partial charge in [0.2, 0.25) is 11.8 Å². The van der Waals surface area contributed by atoms with E-state index in [0.29, 0.717) is 10.9 Å². The van der Waals surface area contributed by atoms with Crippen LogP contribution in [0.5, 0.6) is 0 Å². The summed E-state index contributed by atoms with van der Waals surface area (Å²) < 4.78 is 38.3. The SMILES string of the molecule is O=C1CCC(C(=O)Nc2cc(C(F)(F)F)ccc2Br)CN1. The van der Waals surface area contributed by atoms with Crippen molar-refractivity contribution in [2.45, 2.75) is 19.0 Å². The second-order valence-electron chi connectivity index (χ2n) is 4.72. The first-order valence-corrected chi connectivity index (χ1v) is 7.01. The zero-order valence-corrected chi connectivity index (χ0v) is 12.3. The Bertz CT molecular complexity index is 565. The maximum absolute atomic E-state index is 12.7. The van der Waals surface area contributed by atoms with E-state index in [4.69, 9.17) is 0 Å². The molecule has 1 heterocycles. The van der Waals surface area contributed by atoms with E-state index in [9.17, 15) is 22.8 Å². The van der Waals surface area contributed by atoms with Crippen LogP contribution in [0.4, 0.5) is 18.9 Å². The lowest BCUT2D eigenvalue weighted by molar-refractivity contribution is -0.137. The number of piperidine rings is 1. The van der Waals surface area contributed by atoms with Crippen molar-refractivity contribution in [1.29, 1.82) is 0 Å². The van der Waals surface area contributed by atoms with Gasteiger partial charge < -0.3 is 10.6 Å². The van der Waals surface area contributed by atoms with Crippen LogP contribution in [0.3, 0.4) is 0 Å². The number of rotatable bonds is 2. The van der Waals surface area contributed by atoms with E-state index in [1.165, 1.54) is 6.07 Å². The van der Waals surface area contributed by atoms with Crippen molar-refractivity contribution in [2.24, 2.45) is 5.92 Å². The number of hydrogen-bond acceptors (Lipinski definition) is 2. The van der Waals surface area contributed by atoms with E-state index in [1.54, 1.807) is 0 Å². The summed E-state index contributed by atoms with van der Waals surface area (Å²) in [6.07, 6.45) is -3.85. The maximum Gasteiger partial charge on any atom is 0.416 e. The molecule has 1 saturated heterocycles. The molecule has 21 heavy (non-hydrogen) atoms. The van der Waals surface area contributed by atoms with Crippen LogP contribution in [-0.4, -0.2) is 18.4 Å². The summed E-state index contributed by atoms with van der Waals surface area (Å²) in [4.78, 5) is 23.0. The van der Waals surface area contributed by atoms with E-state index in [0.717, 1.165) is 12.1 Å². The molecular weight excluding hydrogens is 353 g/mol. The molecule has 2 amide bonds. The third-order valence-corrected chi connectivity index (χ3v) is 3.88. The smallest absolute Gasteiger partial charge is 0.355 e. The Hall–Kier alpha value is -1.57. The highest BCUT2D eigenvalue weighted by atomic mass is 79.9. The minimum atomic E-state index is -4.47. The number of halogens is 4. The minimum absolute atomic E-state index is 0.0618. The van der Waals surface area contributed by atoms with Gasteiger partial charge in [-0.05, 0) is 40.5 Å². The number of anilines is 1. The number of carbonyl (C=O) groups excluding carboxylic acids is 2. The third kappa shape index (κ3) is 3.96. The predicted octanol–water partition coefficient (Wildman–Crippen LogP) is 2.93. The van der Waals surface area contributed by atoms with E-state index in [-0.39, 0.29) is 24.6 Å². The normalized spacial score (nSPS) is 19.0. The molecule has 0 aromatic heterocycles. The van der Waals surface area contributed by atoms with Crippen molar-refractivity contribution in [2.75, 3.05) is 11.9 Å². The fraction of sp³-hybridized carbons (Fsp3) is 0.385. The molecule has 1 aromatic rings. The number of carbonyl (C=O) groups is 2. The summed E-state index contributed by atoms with van der Waals surface area (Å²) in [7, 11) is 0. The molecule has 1 aliphatic rings. The van der Waals surface area contributed by atoms with Crippen LogP contribution in [0.2, 0.25) is 0 Å². The van der Waals surface area contributed by atoms with Crippen molar-refractivity contribution in [3.8, 4) is 0 Å². The van der Waals surface area contributed by atoms with Crippen LogP contribution in [0, 0.1) is 5.92 Å². The van der Waals surface area contributed by atoms with Crippen molar-refractivity contribution >= 4 is 33.4 Å². The molecule has 0 aliphatic carbocycles. The second kappa shape index (κ2) is 6.05. The molecule has 114 valence electrons. The highest BCUT2D eigenvalue weighted by Crippen LogP contribution is 2.34. The van der Waals surface area contributed by atoms with E-state index in [2.05, 4.69) is 26.6 Å². The van der Waals surface area contributed by atoms with Gasteiger partial charge in [-0.3, -0.25) is 9.59 Å². The Labute approximate surface area is 127 Å². The molecule has 0 saturated carbocycles. The van der Waals surface area contributed by atoms with Crippen molar-refractivity contribution in [3.63, 3.8) is 0 Å². The fourth-order valence-electron chi connectivity index (χ4n) is 1.99. The van der Waals surface area contributed by atoms with Gasteiger partial charge in [0.1, 0.15) is 0 Å². The van der Waals surface area contributed by atoms with Gasteiger partial charge in [-0.25, -0.2) is 0 Å². The van der Waals surface area contributed by atoms with Gasteiger partial charge in [-0.1, -0.05) is 0 Å². The third-order valence-electron chi connectivity index (χ3n) is 3.19. The maximum atomic E-state index is 12.7. The first kappa shape index (κ1) is 15.8. The lowest BCUT2D eigenvalue weighted by Crippen LogP contribution is -2.40. The number of hydrogen-bond donors (Lipinski definition) is 2. The molecule has 0 spiro atoms. The Kier molecular flexibility index (Phi) is 4.55. The van der Waals surface area contributed by atoms with Crippen molar-refractivity contribution in [3.05, 3.63) is 28.2 Å². The summed E-state index contributed by atoms with van der Waals surface area (Å²) in [6, 6.07) is 3.05. The highest BCUT2D eigenvalue weighted by molar-refractivity contribution is 9.10. The molecule has 1 fully saturated rings. The quantitative estimate of drug-likeness (QED) is 0.847. The van der Waals surface area contributed by atoms with Crippen molar-refractivity contribution < 1.29 is 22.8 Å². The summed E-state index contributed by atoms with van der Waals surface area (Å²) in [6.45, 7) is 0.196. The van der Waals surface area contributed by atoms with Crippen LogP contribution in [0.25, 0.3) is 0 Å². The lowest BCUT2D eigenvalue weighted by atomic mass is 9.98. The summed E-state index contributed by atoms with van der Waals surface area (Å²) >= 11 is 3.11. The van der Waals surface area contributed by atoms with E-state index in [1.807, 2.05) is 0 Å². The van der Waals surface area contributed by atoms with Crippen LogP contribution in [0.1, 0.15) is 18.4 Å². The van der Waals surface area contributed by atoms with Crippen LogP contribution >= 0.6 is 15.9 Å². The molecule has 1 aromatic carbocycles. The molecule has 8 heteroatoms. The average Bonchev–Trinajstić information content (AvgIpc) is 2.40. The van der Waals surface area contributed by atoms with Gasteiger partial charge in [0.25, 0.3) is 0 Å². The topological polar surface area (TPSA) is 58.2 Å². The van der Waals surface area contributed by atoms with Crippen molar-refractivity contribution in [1.82, 2.24) is 5.32 Å². The summed E-state index contributed by atoms with van der Waals surface area (Å²) in [5, 5.41) is 5.03. The molecule has 0 radical (unpaired) electrons. The average molecular weight is 365 g/mol. The molecule has 1 unspecified atom stereocenters. The van der Waals surface area contributed by atoms with Crippen LogP contribution in [-0.2, 0) is 15.8 Å². The fourth-order valence-corrected chi connectivity index (χ4v) is 2.33. The second-order valence-corrected chi connectivity index (χ2v) is 5.58. The standard InChI is InChI=1S/C13H12BrF3N2O2/c14-9-3-2-8(13(15,16)17)5-10(9)19-12(21)7-1-4-11(20)18-6-7/h2-3,5,7H,1,4,6H2,(H,18,20)(H,19,21). The first-order chi connectivity index (χ1) is 9.77. The largest absolute Gasteiger partial charge is 0.416 e. The predicted molar refractivity (Wildman–Crippen MR) is 73.5 cm³/mol. The highest BCUT2D eigenvalue weighted by Gasteiger charge is 2.31. The van der Waals surface area contributed by atoms with Gasteiger partial charge >= 0.3 is 6.18 Å². The molecule has 2 N–H and O–H groups in total. The van der Waals surface area contributed by atoms with Gasteiger partial charge in [0.15, 0.2) is 0 Å². The molecule has 1 aliphatic heterocycles. The molecule has 4 nitrogen and oxygen atoms in total. The van der Waals surface area contributed by atoms with Gasteiger partial charge in [0.05, 0.1) is 17.2 Å². The number of amides is 2. The molecular formula is C13H12BrF3N2O2. The number of nitrogens with one attached hydrogen (secondary N) is 2. The van der Waals surface area contributed by atoms with Gasteiger partial charge in [-0.2, -0.15) is 13.2 Å². The molecule has 2 rings (SSSR count). The van der Waals surface area contributed by atoms with Crippen LogP contribution in [0.15, 0.2) is 22.7 Å².